The lowest BCUT2D eigenvalue weighted by atomic mass is 10.1. The third-order valence-electron chi connectivity index (χ3n) is 4.49. The highest BCUT2D eigenvalue weighted by Crippen LogP contribution is 2.32. The van der Waals surface area contributed by atoms with Crippen molar-refractivity contribution in [2.24, 2.45) is 0 Å². The van der Waals surface area contributed by atoms with Crippen LogP contribution in [0.25, 0.3) is 0 Å². The van der Waals surface area contributed by atoms with E-state index in [1.165, 1.54) is 81.3 Å². The van der Waals surface area contributed by atoms with Gasteiger partial charge in [-0.1, -0.05) is 51.5 Å². The highest BCUT2D eigenvalue weighted by atomic mass is 15.1. The topological polar surface area (TPSA) is 29.3 Å². The molecule has 0 aliphatic carbocycles. The van der Waals surface area contributed by atoms with E-state index in [2.05, 4.69) is 30.9 Å². The van der Waals surface area contributed by atoms with Crippen LogP contribution in [0.1, 0.15) is 63.0 Å². The SMILES string of the molecule is CCCCCCCCCN1CCc2cc(C)c(N)cc21. The monoisotopic (exact) mass is 274 g/mol. The van der Waals surface area contributed by atoms with E-state index in [-0.39, 0.29) is 0 Å². The predicted molar refractivity (Wildman–Crippen MR) is 89.5 cm³/mol. The first-order chi connectivity index (χ1) is 9.72. The van der Waals surface area contributed by atoms with Crippen molar-refractivity contribution in [2.75, 3.05) is 23.7 Å². The molecule has 1 aliphatic rings. The minimum Gasteiger partial charge on any atom is -0.398 e. The minimum absolute atomic E-state index is 0.940. The van der Waals surface area contributed by atoms with Gasteiger partial charge >= 0.3 is 0 Å². The summed E-state index contributed by atoms with van der Waals surface area (Å²) in [5.74, 6) is 0. The fourth-order valence-electron chi connectivity index (χ4n) is 3.13. The zero-order chi connectivity index (χ0) is 14.4. The standard InChI is InChI=1S/C18H30N2/c1-3-4-5-6-7-8-9-11-20-12-10-16-13-15(2)17(19)14-18(16)20/h13-14H,3-12,19H2,1-2H3. The van der Waals surface area contributed by atoms with E-state index in [0.717, 1.165) is 5.69 Å². The number of rotatable bonds is 8. The quantitative estimate of drug-likeness (QED) is 0.550. The van der Waals surface area contributed by atoms with E-state index in [1.54, 1.807) is 0 Å². The summed E-state index contributed by atoms with van der Waals surface area (Å²) in [6.45, 7) is 6.75. The van der Waals surface area contributed by atoms with E-state index in [9.17, 15) is 0 Å². The molecule has 0 saturated carbocycles. The first-order valence-corrected chi connectivity index (χ1v) is 8.36. The lowest BCUT2D eigenvalue weighted by Gasteiger charge is -2.20. The number of hydrogen-bond donors (Lipinski definition) is 1. The van der Waals surface area contributed by atoms with Crippen LogP contribution in [-0.4, -0.2) is 13.1 Å². The van der Waals surface area contributed by atoms with Crippen LogP contribution in [0.2, 0.25) is 0 Å². The average molecular weight is 274 g/mol. The Labute approximate surface area is 124 Å². The molecule has 2 heteroatoms. The molecule has 0 amide bonds. The number of unbranched alkanes of at least 4 members (excludes halogenated alkanes) is 6. The Hall–Kier alpha value is -1.18. The second kappa shape index (κ2) is 7.56. The van der Waals surface area contributed by atoms with Gasteiger partial charge in [-0.25, -0.2) is 0 Å². The molecule has 2 rings (SSSR count). The third kappa shape index (κ3) is 3.91. The highest BCUT2D eigenvalue weighted by molar-refractivity contribution is 5.67. The van der Waals surface area contributed by atoms with Crippen molar-refractivity contribution in [3.63, 3.8) is 0 Å². The van der Waals surface area contributed by atoms with E-state index < -0.39 is 0 Å². The molecule has 0 unspecified atom stereocenters. The van der Waals surface area contributed by atoms with Crippen molar-refractivity contribution in [3.05, 3.63) is 23.3 Å². The Morgan fingerprint density at radius 1 is 1.05 bits per heavy atom. The van der Waals surface area contributed by atoms with Gasteiger partial charge in [-0.15, -0.1) is 0 Å². The summed E-state index contributed by atoms with van der Waals surface area (Å²) in [5.41, 5.74) is 11.1. The minimum atomic E-state index is 0.940. The number of benzene rings is 1. The fraction of sp³-hybridized carbons (Fsp3) is 0.667. The Balaban J connectivity index is 1.73. The predicted octanol–water partition coefficient (Wildman–Crippen LogP) is 4.69. The van der Waals surface area contributed by atoms with Crippen molar-refractivity contribution in [1.29, 1.82) is 0 Å². The molecule has 1 aromatic carbocycles. The third-order valence-corrected chi connectivity index (χ3v) is 4.49. The van der Waals surface area contributed by atoms with Crippen LogP contribution in [0.4, 0.5) is 11.4 Å². The van der Waals surface area contributed by atoms with Gasteiger partial charge in [-0.2, -0.15) is 0 Å². The van der Waals surface area contributed by atoms with Gasteiger partial charge in [0.2, 0.25) is 0 Å². The molecule has 0 radical (unpaired) electrons. The maximum atomic E-state index is 6.05. The molecule has 0 aromatic heterocycles. The molecule has 112 valence electrons. The number of aryl methyl sites for hydroxylation is 1. The number of nitrogens with zero attached hydrogens (tertiary/aromatic N) is 1. The molecule has 0 atom stereocenters. The molecule has 0 spiro atoms. The van der Waals surface area contributed by atoms with Crippen LogP contribution in [0, 0.1) is 6.92 Å². The van der Waals surface area contributed by atoms with Gasteiger partial charge in [0, 0.05) is 24.5 Å². The van der Waals surface area contributed by atoms with E-state index in [1.807, 2.05) is 0 Å². The molecule has 0 bridgehead atoms. The average Bonchev–Trinajstić information content (AvgIpc) is 2.81. The summed E-state index contributed by atoms with van der Waals surface area (Å²) in [6.07, 6.45) is 10.8. The molecule has 0 saturated heterocycles. The maximum Gasteiger partial charge on any atom is 0.0420 e. The second-order valence-corrected chi connectivity index (χ2v) is 6.20. The van der Waals surface area contributed by atoms with Gasteiger partial charge in [0.1, 0.15) is 0 Å². The molecular weight excluding hydrogens is 244 g/mol. The van der Waals surface area contributed by atoms with Crippen LogP contribution in [-0.2, 0) is 6.42 Å². The van der Waals surface area contributed by atoms with E-state index in [0.29, 0.717) is 0 Å². The normalized spacial score (nSPS) is 13.8. The van der Waals surface area contributed by atoms with Crippen molar-refractivity contribution in [1.82, 2.24) is 0 Å². The van der Waals surface area contributed by atoms with Crippen molar-refractivity contribution < 1.29 is 0 Å². The summed E-state index contributed by atoms with van der Waals surface area (Å²) in [6, 6.07) is 4.45. The van der Waals surface area contributed by atoms with Crippen molar-refractivity contribution >= 4 is 11.4 Å². The molecule has 2 N–H and O–H groups in total. The summed E-state index contributed by atoms with van der Waals surface area (Å²) < 4.78 is 0. The van der Waals surface area contributed by atoms with Crippen LogP contribution in [0.3, 0.4) is 0 Å². The van der Waals surface area contributed by atoms with Crippen LogP contribution >= 0.6 is 0 Å². The Kier molecular flexibility index (Phi) is 5.75. The Bertz CT molecular complexity index is 426. The molecule has 1 heterocycles. The largest absolute Gasteiger partial charge is 0.398 e. The second-order valence-electron chi connectivity index (χ2n) is 6.20. The van der Waals surface area contributed by atoms with Gasteiger partial charge in [0.15, 0.2) is 0 Å². The van der Waals surface area contributed by atoms with Gasteiger partial charge in [-0.3, -0.25) is 0 Å². The maximum absolute atomic E-state index is 6.05. The van der Waals surface area contributed by atoms with Crippen LogP contribution < -0.4 is 10.6 Å². The number of fused-ring (bicyclic) bond motifs is 1. The summed E-state index contributed by atoms with van der Waals surface area (Å²) in [4.78, 5) is 2.52. The molecular formula is C18H30N2. The summed E-state index contributed by atoms with van der Waals surface area (Å²) >= 11 is 0. The molecule has 1 aliphatic heterocycles. The Morgan fingerprint density at radius 3 is 2.50 bits per heavy atom. The van der Waals surface area contributed by atoms with Gasteiger partial charge in [-0.05, 0) is 37.0 Å². The van der Waals surface area contributed by atoms with Gasteiger partial charge < -0.3 is 10.6 Å². The molecule has 1 aromatic rings. The van der Waals surface area contributed by atoms with Crippen molar-refractivity contribution in [2.45, 2.75) is 65.2 Å². The van der Waals surface area contributed by atoms with Crippen LogP contribution in [0.15, 0.2) is 12.1 Å². The number of hydrogen-bond acceptors (Lipinski definition) is 2. The first-order valence-electron chi connectivity index (χ1n) is 8.36. The number of nitrogens with two attached hydrogens (primary N) is 1. The lowest BCUT2D eigenvalue weighted by Crippen LogP contribution is -2.21. The number of anilines is 2. The van der Waals surface area contributed by atoms with Crippen molar-refractivity contribution in [3.8, 4) is 0 Å². The number of nitrogen functional groups attached to an aromatic ring is 1. The zero-order valence-corrected chi connectivity index (χ0v) is 13.3. The van der Waals surface area contributed by atoms with E-state index in [4.69, 9.17) is 5.73 Å². The van der Waals surface area contributed by atoms with Crippen LogP contribution in [0.5, 0.6) is 0 Å². The summed E-state index contributed by atoms with van der Waals surface area (Å²) in [5, 5.41) is 0. The lowest BCUT2D eigenvalue weighted by molar-refractivity contribution is 0.585. The smallest absolute Gasteiger partial charge is 0.0420 e. The molecule has 0 fully saturated rings. The first kappa shape index (κ1) is 15.2. The van der Waals surface area contributed by atoms with E-state index >= 15 is 0 Å². The van der Waals surface area contributed by atoms with Gasteiger partial charge in [0.05, 0.1) is 0 Å². The zero-order valence-electron chi connectivity index (χ0n) is 13.3. The van der Waals surface area contributed by atoms with Gasteiger partial charge in [0.25, 0.3) is 0 Å². The summed E-state index contributed by atoms with van der Waals surface area (Å²) in [7, 11) is 0. The molecule has 20 heavy (non-hydrogen) atoms. The Morgan fingerprint density at radius 2 is 1.75 bits per heavy atom. The molecule has 2 nitrogen and oxygen atoms in total. The highest BCUT2D eigenvalue weighted by Gasteiger charge is 2.19. The fourth-order valence-corrected chi connectivity index (χ4v) is 3.13.